The van der Waals surface area contributed by atoms with Gasteiger partial charge in [-0.05, 0) is 49.1 Å². The highest BCUT2D eigenvalue weighted by Crippen LogP contribution is 2.47. The Bertz CT molecular complexity index is 840. The third-order valence-electron chi connectivity index (χ3n) is 5.12. The highest BCUT2D eigenvalue weighted by molar-refractivity contribution is 7.99. The first-order valence-electron chi connectivity index (χ1n) is 9.09. The van der Waals surface area contributed by atoms with Crippen LogP contribution in [0.15, 0.2) is 52.5 Å². The monoisotopic (exact) mass is 368 g/mol. The van der Waals surface area contributed by atoms with Gasteiger partial charge in [-0.15, -0.1) is 0 Å². The Morgan fingerprint density at radius 2 is 2.15 bits per heavy atom. The van der Waals surface area contributed by atoms with Crippen LogP contribution in [0.5, 0.6) is 0 Å². The first-order valence-corrected chi connectivity index (χ1v) is 9.91. The number of anilines is 1. The summed E-state index contributed by atoms with van der Waals surface area (Å²) in [6.07, 6.45) is 6.29. The van der Waals surface area contributed by atoms with Crippen molar-refractivity contribution in [2.75, 3.05) is 11.9 Å². The van der Waals surface area contributed by atoms with Crippen LogP contribution in [0.25, 0.3) is 0 Å². The number of pyridine rings is 1. The molecule has 26 heavy (non-hydrogen) atoms. The van der Waals surface area contributed by atoms with Crippen LogP contribution in [0.3, 0.4) is 0 Å². The van der Waals surface area contributed by atoms with Crippen molar-refractivity contribution < 1.29 is 14.3 Å². The van der Waals surface area contributed by atoms with Gasteiger partial charge < -0.3 is 14.8 Å². The predicted molar refractivity (Wildman–Crippen MR) is 97.9 cm³/mol. The fourth-order valence-electron chi connectivity index (χ4n) is 3.64. The average molecular weight is 368 g/mol. The van der Waals surface area contributed by atoms with Crippen molar-refractivity contribution in [3.05, 3.63) is 48.2 Å². The van der Waals surface area contributed by atoms with Gasteiger partial charge in [-0.1, -0.05) is 30.7 Å². The summed E-state index contributed by atoms with van der Waals surface area (Å²) in [6.45, 7) is 0.544. The van der Waals surface area contributed by atoms with Crippen LogP contribution < -0.4 is 5.32 Å². The van der Waals surface area contributed by atoms with E-state index in [1.54, 1.807) is 18.0 Å². The van der Waals surface area contributed by atoms with Crippen LogP contribution in [0, 0.1) is 5.92 Å². The smallest absolute Gasteiger partial charge is 0.289 e. The Kier molecular flexibility index (Phi) is 3.99. The summed E-state index contributed by atoms with van der Waals surface area (Å²) in [7, 11) is 0. The Labute approximate surface area is 156 Å². The zero-order valence-corrected chi connectivity index (χ0v) is 15.1. The first-order chi connectivity index (χ1) is 12.7. The fraction of sp³-hybridized carbons (Fsp3) is 0.400. The van der Waals surface area contributed by atoms with Gasteiger partial charge in [0.05, 0.1) is 18.4 Å². The molecule has 1 saturated carbocycles. The predicted octanol–water partition coefficient (Wildman–Crippen LogP) is 3.94. The summed E-state index contributed by atoms with van der Waals surface area (Å²) < 4.78 is 12.2. The summed E-state index contributed by atoms with van der Waals surface area (Å²) >= 11 is 1.56. The van der Waals surface area contributed by atoms with Crippen molar-refractivity contribution in [3.8, 4) is 0 Å². The number of nitrogens with zero attached hydrogens (tertiary/aromatic N) is 1. The van der Waals surface area contributed by atoms with Crippen molar-refractivity contribution >= 4 is 23.4 Å². The summed E-state index contributed by atoms with van der Waals surface area (Å²) in [5.41, 5.74) is 1.55. The summed E-state index contributed by atoms with van der Waals surface area (Å²) in [4.78, 5) is 18.1. The van der Waals surface area contributed by atoms with Crippen LogP contribution in [0.2, 0.25) is 0 Å². The third kappa shape index (κ3) is 2.92. The SMILES string of the molecule is O=C1Nc2ccc(Sc3ccccn3)cc2[C@]12OCCC(CC1CC1)O2. The Morgan fingerprint density at radius 1 is 1.23 bits per heavy atom. The van der Waals surface area contributed by atoms with Gasteiger partial charge in [-0.25, -0.2) is 4.98 Å². The van der Waals surface area contributed by atoms with E-state index in [0.29, 0.717) is 6.61 Å². The molecule has 1 unspecified atom stereocenters. The van der Waals surface area contributed by atoms with E-state index in [1.807, 2.05) is 36.4 Å². The maximum absolute atomic E-state index is 12.7. The Morgan fingerprint density at radius 3 is 2.96 bits per heavy atom. The van der Waals surface area contributed by atoms with Crippen LogP contribution in [0.1, 0.15) is 31.2 Å². The molecule has 1 aliphatic carbocycles. The summed E-state index contributed by atoms with van der Waals surface area (Å²) in [5.74, 6) is -0.758. The molecule has 2 atom stereocenters. The maximum Gasteiger partial charge on any atom is 0.289 e. The van der Waals surface area contributed by atoms with E-state index in [4.69, 9.17) is 9.47 Å². The second-order valence-electron chi connectivity index (χ2n) is 7.10. The number of rotatable bonds is 4. The lowest BCUT2D eigenvalue weighted by atomic mass is 10.0. The number of carbonyl (C=O) groups excluding carboxylic acids is 1. The van der Waals surface area contributed by atoms with Gasteiger partial charge in [-0.2, -0.15) is 0 Å². The standard InChI is InChI=1S/C20H20N2O3S/c23-19-20(24-10-8-14(25-20)11-13-4-5-13)16-12-15(6-7-17(16)22-19)26-18-3-1-2-9-21-18/h1-3,6-7,9,12-14H,4-5,8,10-11H2,(H,22,23)/t14?,20-/m1/s1. The maximum atomic E-state index is 12.7. The van der Waals surface area contributed by atoms with E-state index in [-0.39, 0.29) is 12.0 Å². The molecule has 5 rings (SSSR count). The molecular formula is C20H20N2O3S. The number of benzene rings is 1. The molecular weight excluding hydrogens is 348 g/mol. The molecule has 3 heterocycles. The molecule has 2 aliphatic heterocycles. The van der Waals surface area contributed by atoms with E-state index in [0.717, 1.165) is 39.9 Å². The molecule has 0 bridgehead atoms. The highest BCUT2D eigenvalue weighted by Gasteiger charge is 2.53. The Balaban J connectivity index is 1.45. The van der Waals surface area contributed by atoms with Gasteiger partial charge >= 0.3 is 0 Å². The lowest BCUT2D eigenvalue weighted by Crippen LogP contribution is -2.47. The quantitative estimate of drug-likeness (QED) is 0.886. The molecule has 1 aromatic heterocycles. The van der Waals surface area contributed by atoms with Crippen LogP contribution in [-0.4, -0.2) is 23.6 Å². The Hall–Kier alpha value is -1.89. The topological polar surface area (TPSA) is 60.5 Å². The van der Waals surface area contributed by atoms with E-state index >= 15 is 0 Å². The average Bonchev–Trinajstić information content (AvgIpc) is 3.43. The molecule has 3 aliphatic rings. The zero-order chi connectivity index (χ0) is 17.6. The number of amides is 1. The molecule has 0 radical (unpaired) electrons. The van der Waals surface area contributed by atoms with Gasteiger partial charge in [0.2, 0.25) is 0 Å². The van der Waals surface area contributed by atoms with Crippen LogP contribution in [0.4, 0.5) is 5.69 Å². The first kappa shape index (κ1) is 16.3. The van der Waals surface area contributed by atoms with Crippen molar-refractivity contribution in [2.45, 2.75) is 47.5 Å². The molecule has 1 aromatic carbocycles. The molecule has 5 nitrogen and oxygen atoms in total. The molecule has 1 amide bonds. The second-order valence-corrected chi connectivity index (χ2v) is 8.20. The van der Waals surface area contributed by atoms with E-state index < -0.39 is 5.79 Å². The minimum atomic E-state index is -1.30. The fourth-order valence-corrected chi connectivity index (χ4v) is 4.45. The van der Waals surface area contributed by atoms with Crippen LogP contribution >= 0.6 is 11.8 Å². The zero-order valence-electron chi connectivity index (χ0n) is 14.3. The molecule has 1 saturated heterocycles. The molecule has 1 spiro atoms. The van der Waals surface area contributed by atoms with Crippen molar-refractivity contribution in [1.82, 2.24) is 4.98 Å². The largest absolute Gasteiger partial charge is 0.338 e. The molecule has 2 fully saturated rings. The van der Waals surface area contributed by atoms with Gasteiger partial charge in [0.25, 0.3) is 11.7 Å². The van der Waals surface area contributed by atoms with Gasteiger partial charge in [-0.3, -0.25) is 4.79 Å². The normalized spacial score (nSPS) is 27.4. The van der Waals surface area contributed by atoms with E-state index in [1.165, 1.54) is 12.8 Å². The molecule has 2 aromatic rings. The van der Waals surface area contributed by atoms with Gasteiger partial charge in [0.1, 0.15) is 5.03 Å². The van der Waals surface area contributed by atoms with Gasteiger partial charge in [0.15, 0.2) is 0 Å². The van der Waals surface area contributed by atoms with Crippen molar-refractivity contribution in [3.63, 3.8) is 0 Å². The lowest BCUT2D eigenvalue weighted by molar-refractivity contribution is -0.281. The number of hydrogen-bond acceptors (Lipinski definition) is 5. The molecule has 1 N–H and O–H groups in total. The summed E-state index contributed by atoms with van der Waals surface area (Å²) in [5, 5.41) is 3.84. The lowest BCUT2D eigenvalue weighted by Gasteiger charge is -2.37. The minimum Gasteiger partial charge on any atom is -0.338 e. The minimum absolute atomic E-state index is 0.0834. The van der Waals surface area contributed by atoms with Gasteiger partial charge in [0, 0.05) is 16.7 Å². The number of ether oxygens (including phenoxy) is 2. The highest BCUT2D eigenvalue weighted by atomic mass is 32.2. The number of carbonyl (C=O) groups is 1. The number of fused-ring (bicyclic) bond motifs is 2. The second kappa shape index (κ2) is 6.37. The molecule has 134 valence electrons. The summed E-state index contributed by atoms with van der Waals surface area (Å²) in [6, 6.07) is 11.7. The van der Waals surface area contributed by atoms with Crippen molar-refractivity contribution in [1.29, 1.82) is 0 Å². The van der Waals surface area contributed by atoms with Crippen molar-refractivity contribution in [2.24, 2.45) is 5.92 Å². The third-order valence-corrected chi connectivity index (χ3v) is 6.06. The number of hydrogen-bond donors (Lipinski definition) is 1. The van der Waals surface area contributed by atoms with E-state index in [2.05, 4.69) is 10.3 Å². The molecule has 6 heteroatoms. The van der Waals surface area contributed by atoms with E-state index in [9.17, 15) is 4.79 Å². The number of aromatic nitrogens is 1. The van der Waals surface area contributed by atoms with Crippen LogP contribution in [-0.2, 0) is 20.1 Å². The number of nitrogens with one attached hydrogen (secondary N) is 1.